The van der Waals surface area contributed by atoms with E-state index < -0.39 is 11.9 Å². The average Bonchev–Trinajstić information content (AvgIpc) is 2.87. The normalized spacial score (nSPS) is 14.5. The Bertz CT molecular complexity index is 597. The van der Waals surface area contributed by atoms with Crippen LogP contribution >= 0.6 is 0 Å². The van der Waals surface area contributed by atoms with Crippen molar-refractivity contribution in [1.29, 1.82) is 0 Å². The molecule has 1 aromatic rings. The van der Waals surface area contributed by atoms with Gasteiger partial charge in [0.2, 0.25) is 5.91 Å². The number of aliphatic carboxylic acids is 1. The zero-order valence-corrected chi connectivity index (χ0v) is 12.0. The summed E-state index contributed by atoms with van der Waals surface area (Å²) in [5.41, 5.74) is 2.29. The Labute approximate surface area is 122 Å². The van der Waals surface area contributed by atoms with Crippen molar-refractivity contribution in [3.63, 3.8) is 0 Å². The monoisotopic (exact) mass is 290 g/mol. The Balaban J connectivity index is 2.07. The molecule has 0 bridgehead atoms. The van der Waals surface area contributed by atoms with E-state index in [1.807, 2.05) is 0 Å². The van der Waals surface area contributed by atoms with Crippen molar-refractivity contribution in [3.05, 3.63) is 29.3 Å². The zero-order valence-electron chi connectivity index (χ0n) is 12.0. The van der Waals surface area contributed by atoms with Gasteiger partial charge < -0.3 is 15.3 Å². The molecule has 2 rings (SSSR count). The molecule has 1 atom stereocenters. The van der Waals surface area contributed by atoms with Crippen molar-refractivity contribution in [3.8, 4) is 0 Å². The number of anilines is 1. The lowest BCUT2D eigenvalue weighted by Crippen LogP contribution is -2.31. The quantitative estimate of drug-likeness (QED) is 0.867. The Hall–Kier alpha value is -2.37. The smallest absolute Gasteiger partial charge is 0.308 e. The van der Waals surface area contributed by atoms with E-state index in [4.69, 9.17) is 5.11 Å². The summed E-state index contributed by atoms with van der Waals surface area (Å²) in [4.78, 5) is 35.9. The number of benzene rings is 1. The number of nitrogens with zero attached hydrogens (tertiary/aromatic N) is 1. The van der Waals surface area contributed by atoms with E-state index in [1.165, 1.54) is 13.8 Å². The number of hydrogen-bond donors (Lipinski definition) is 2. The van der Waals surface area contributed by atoms with Crippen molar-refractivity contribution in [2.45, 2.75) is 20.3 Å². The third-order valence-corrected chi connectivity index (χ3v) is 3.61. The van der Waals surface area contributed by atoms with Crippen LogP contribution < -0.4 is 10.2 Å². The second-order valence-electron chi connectivity index (χ2n) is 5.21. The summed E-state index contributed by atoms with van der Waals surface area (Å²) in [6.07, 6.45) is 0.724. The van der Waals surface area contributed by atoms with Gasteiger partial charge in [-0.1, -0.05) is 6.92 Å². The molecule has 2 N–H and O–H groups in total. The predicted octanol–water partition coefficient (Wildman–Crippen LogP) is 1.05. The number of rotatable bonds is 4. The lowest BCUT2D eigenvalue weighted by atomic mass is 10.1. The van der Waals surface area contributed by atoms with Crippen LogP contribution in [0.15, 0.2) is 18.2 Å². The molecule has 1 unspecified atom stereocenters. The maximum absolute atomic E-state index is 12.0. The molecule has 0 aliphatic carbocycles. The summed E-state index contributed by atoms with van der Waals surface area (Å²) in [6.45, 7) is 3.77. The van der Waals surface area contributed by atoms with Crippen LogP contribution in [0.4, 0.5) is 5.69 Å². The average molecular weight is 290 g/mol. The van der Waals surface area contributed by atoms with Crippen molar-refractivity contribution < 1.29 is 19.5 Å². The maximum atomic E-state index is 12.0. The molecule has 0 aromatic heterocycles. The summed E-state index contributed by atoms with van der Waals surface area (Å²) < 4.78 is 0. The number of amides is 2. The van der Waals surface area contributed by atoms with Gasteiger partial charge >= 0.3 is 5.97 Å². The minimum absolute atomic E-state index is 0.0127. The van der Waals surface area contributed by atoms with E-state index >= 15 is 0 Å². The Kier molecular flexibility index (Phi) is 4.26. The third-order valence-electron chi connectivity index (χ3n) is 3.61. The molecular weight excluding hydrogens is 272 g/mol. The molecule has 0 fully saturated rings. The Morgan fingerprint density at radius 1 is 1.38 bits per heavy atom. The van der Waals surface area contributed by atoms with Crippen LogP contribution in [0, 0.1) is 5.92 Å². The molecule has 1 aliphatic rings. The van der Waals surface area contributed by atoms with Gasteiger partial charge in [0.25, 0.3) is 5.91 Å². The summed E-state index contributed by atoms with van der Waals surface area (Å²) in [5, 5.41) is 11.4. The molecule has 6 nitrogen and oxygen atoms in total. The number of hydrogen-bond acceptors (Lipinski definition) is 3. The van der Waals surface area contributed by atoms with Gasteiger partial charge in [0, 0.05) is 31.3 Å². The summed E-state index contributed by atoms with van der Waals surface area (Å²) in [6, 6.07) is 5.18. The summed E-state index contributed by atoms with van der Waals surface area (Å²) in [5.74, 6) is -1.88. The first-order chi connectivity index (χ1) is 9.90. The second kappa shape index (κ2) is 5.95. The SMILES string of the molecule is CC(=O)N1CCc2cc(C(=O)NCC(C)C(=O)O)ccc21. The van der Waals surface area contributed by atoms with Gasteiger partial charge in [-0.25, -0.2) is 0 Å². The molecular formula is C15H18N2O4. The fraction of sp³-hybridized carbons (Fsp3) is 0.400. The van der Waals surface area contributed by atoms with Gasteiger partial charge in [-0.2, -0.15) is 0 Å². The number of carbonyl (C=O) groups excluding carboxylic acids is 2. The molecule has 0 radical (unpaired) electrons. The first kappa shape index (κ1) is 15.0. The molecule has 21 heavy (non-hydrogen) atoms. The van der Waals surface area contributed by atoms with Gasteiger partial charge in [0.05, 0.1) is 5.92 Å². The molecule has 1 aromatic carbocycles. The van der Waals surface area contributed by atoms with Gasteiger partial charge in [-0.3, -0.25) is 14.4 Å². The largest absolute Gasteiger partial charge is 0.481 e. The van der Waals surface area contributed by atoms with Crippen LogP contribution in [0.5, 0.6) is 0 Å². The summed E-state index contributed by atoms with van der Waals surface area (Å²) >= 11 is 0. The molecule has 1 aliphatic heterocycles. The van der Waals surface area contributed by atoms with E-state index in [0.29, 0.717) is 12.1 Å². The first-order valence-corrected chi connectivity index (χ1v) is 6.82. The number of carboxylic acid groups (broad SMARTS) is 1. The third kappa shape index (κ3) is 3.21. The highest BCUT2D eigenvalue weighted by molar-refractivity contribution is 5.98. The van der Waals surface area contributed by atoms with Crippen LogP contribution in [-0.2, 0) is 16.0 Å². The van der Waals surface area contributed by atoms with Crippen LogP contribution in [0.1, 0.15) is 29.8 Å². The zero-order chi connectivity index (χ0) is 15.6. The molecule has 0 spiro atoms. The summed E-state index contributed by atoms with van der Waals surface area (Å²) in [7, 11) is 0. The molecule has 112 valence electrons. The van der Waals surface area contributed by atoms with Crippen molar-refractivity contribution in [2.75, 3.05) is 18.0 Å². The van der Waals surface area contributed by atoms with Gasteiger partial charge in [0.1, 0.15) is 0 Å². The highest BCUT2D eigenvalue weighted by atomic mass is 16.4. The molecule has 2 amide bonds. The topological polar surface area (TPSA) is 86.7 Å². The van der Waals surface area contributed by atoms with Gasteiger partial charge in [-0.05, 0) is 30.2 Å². The van der Waals surface area contributed by atoms with E-state index in [9.17, 15) is 14.4 Å². The maximum Gasteiger partial charge on any atom is 0.308 e. The number of fused-ring (bicyclic) bond motifs is 1. The Morgan fingerprint density at radius 2 is 2.10 bits per heavy atom. The number of carbonyl (C=O) groups is 3. The lowest BCUT2D eigenvalue weighted by Gasteiger charge is -2.15. The number of carboxylic acids is 1. The van der Waals surface area contributed by atoms with E-state index in [-0.39, 0.29) is 18.4 Å². The van der Waals surface area contributed by atoms with Crippen LogP contribution in [0.3, 0.4) is 0 Å². The minimum Gasteiger partial charge on any atom is -0.481 e. The fourth-order valence-electron chi connectivity index (χ4n) is 2.31. The highest BCUT2D eigenvalue weighted by Gasteiger charge is 2.23. The van der Waals surface area contributed by atoms with Crippen LogP contribution in [-0.4, -0.2) is 36.0 Å². The number of nitrogens with one attached hydrogen (secondary N) is 1. The molecule has 0 saturated carbocycles. The van der Waals surface area contributed by atoms with Crippen LogP contribution in [0.2, 0.25) is 0 Å². The second-order valence-corrected chi connectivity index (χ2v) is 5.21. The molecule has 0 saturated heterocycles. The molecule has 6 heteroatoms. The first-order valence-electron chi connectivity index (χ1n) is 6.82. The van der Waals surface area contributed by atoms with Crippen molar-refractivity contribution in [2.24, 2.45) is 5.92 Å². The Morgan fingerprint density at radius 3 is 2.71 bits per heavy atom. The lowest BCUT2D eigenvalue weighted by molar-refractivity contribution is -0.140. The van der Waals surface area contributed by atoms with Crippen LogP contribution in [0.25, 0.3) is 0 Å². The standard InChI is InChI=1S/C15H18N2O4/c1-9(15(20)21)8-16-14(19)12-3-4-13-11(7-12)5-6-17(13)10(2)18/h3-4,7,9H,5-6,8H2,1-2H3,(H,16,19)(H,20,21). The van der Waals surface area contributed by atoms with E-state index in [0.717, 1.165) is 17.7 Å². The van der Waals surface area contributed by atoms with E-state index in [2.05, 4.69) is 5.32 Å². The van der Waals surface area contributed by atoms with Crippen molar-refractivity contribution in [1.82, 2.24) is 5.32 Å². The minimum atomic E-state index is -0.943. The molecule has 1 heterocycles. The van der Waals surface area contributed by atoms with E-state index in [1.54, 1.807) is 23.1 Å². The fourth-order valence-corrected chi connectivity index (χ4v) is 2.31. The predicted molar refractivity (Wildman–Crippen MR) is 77.3 cm³/mol. The van der Waals surface area contributed by atoms with Gasteiger partial charge in [0.15, 0.2) is 0 Å². The van der Waals surface area contributed by atoms with Crippen molar-refractivity contribution >= 4 is 23.5 Å². The van der Waals surface area contributed by atoms with Gasteiger partial charge in [-0.15, -0.1) is 0 Å². The highest BCUT2D eigenvalue weighted by Crippen LogP contribution is 2.28.